The number of nitrogens with two attached hydrogens (primary N) is 1. The second-order valence-corrected chi connectivity index (χ2v) is 10.7. The lowest BCUT2D eigenvalue weighted by Gasteiger charge is -2.19. The van der Waals surface area contributed by atoms with Gasteiger partial charge in [0.1, 0.15) is 18.3 Å². The first kappa shape index (κ1) is 30.7. The van der Waals surface area contributed by atoms with Crippen molar-refractivity contribution >= 4 is 29.5 Å². The summed E-state index contributed by atoms with van der Waals surface area (Å²) in [6.45, 7) is -1.00. The maximum absolute atomic E-state index is 12.1. The molecule has 1 aromatic heterocycles. The highest BCUT2D eigenvalue weighted by atomic mass is 31.3. The molecule has 19 nitrogen and oxygen atoms in total. The molecule has 196 valence electrons. The number of quaternary nitrogens is 1. The molecule has 6 atom stereocenters. The Morgan fingerprint density at radius 2 is 1.71 bits per heavy atom. The minimum Gasteiger partial charge on any atom is -0.387 e. The molecule has 0 aliphatic carbocycles. The van der Waals surface area contributed by atoms with Gasteiger partial charge in [-0.1, -0.05) is 12.2 Å². The summed E-state index contributed by atoms with van der Waals surface area (Å²) in [7, 11) is -16.9. The number of nitrogens with zero attached hydrogens (tertiary/aromatic N) is 1. The molecule has 0 saturated carbocycles. The molecule has 2 heterocycles. The molecule has 2 rings (SSSR count). The maximum atomic E-state index is 12.1. The van der Waals surface area contributed by atoms with Crippen molar-refractivity contribution in [3.63, 3.8) is 0 Å². The van der Waals surface area contributed by atoms with E-state index in [9.17, 15) is 38.4 Å². The second kappa shape index (κ2) is 11.6. The normalized spacial score (nSPS) is 26.7. The Labute approximate surface area is 189 Å². The minimum atomic E-state index is -5.76. The third-order valence-corrected chi connectivity index (χ3v) is 7.66. The predicted molar refractivity (Wildman–Crippen MR) is 111 cm³/mol. The highest BCUT2D eigenvalue weighted by molar-refractivity contribution is 7.66. The first-order valence-corrected chi connectivity index (χ1v) is 13.1. The van der Waals surface area contributed by atoms with Gasteiger partial charge in [-0.05, 0) is 0 Å². The van der Waals surface area contributed by atoms with Crippen molar-refractivity contribution in [3.05, 3.63) is 38.7 Å². The number of aromatic amines is 1. The average Bonchev–Trinajstić information content (AvgIpc) is 2.91. The number of nitrogens with one attached hydrogen (secondary N) is 1. The summed E-state index contributed by atoms with van der Waals surface area (Å²) in [6.07, 6.45) is -3.19. The van der Waals surface area contributed by atoms with Crippen molar-refractivity contribution in [2.75, 3.05) is 13.2 Å². The molecule has 1 saturated heterocycles. The van der Waals surface area contributed by atoms with Gasteiger partial charge >= 0.3 is 29.2 Å². The highest BCUT2D eigenvalue weighted by Crippen LogP contribution is 2.66. The Bertz CT molecular complexity index is 1140. The van der Waals surface area contributed by atoms with Crippen molar-refractivity contribution < 1.29 is 61.4 Å². The third-order valence-electron chi connectivity index (χ3n) is 3.86. The monoisotopic (exact) mass is 557 g/mol. The van der Waals surface area contributed by atoms with E-state index in [0.29, 0.717) is 0 Å². The topological polar surface area (TPSA) is 327 Å². The van der Waals surface area contributed by atoms with Crippen LogP contribution in [0.1, 0.15) is 11.8 Å². The van der Waals surface area contributed by atoms with Crippen molar-refractivity contribution in [2.24, 2.45) is 5.73 Å². The zero-order chi connectivity index (χ0) is 25.2. The average molecular weight is 557 g/mol. The fraction of sp³-hybridized carbons (Fsp3) is 0.500. The van der Waals surface area contributed by atoms with Gasteiger partial charge in [0.2, 0.25) is 0 Å². The minimum absolute atomic E-state index is 0. The largest absolute Gasteiger partial charge is 0.490 e. The number of aliphatic hydroxyl groups is 2. The lowest BCUT2D eigenvalue weighted by Crippen LogP contribution is -2.38. The zero-order valence-corrected chi connectivity index (χ0v) is 19.9. The molecule has 2 unspecified atom stereocenters. The van der Waals surface area contributed by atoms with Gasteiger partial charge in [0.25, 0.3) is 5.56 Å². The maximum Gasteiger partial charge on any atom is 0.490 e. The van der Waals surface area contributed by atoms with E-state index in [2.05, 4.69) is 13.1 Å². The van der Waals surface area contributed by atoms with Gasteiger partial charge in [-0.25, -0.2) is 18.5 Å². The van der Waals surface area contributed by atoms with E-state index in [-0.39, 0.29) is 18.3 Å². The molecule has 1 aromatic rings. The van der Waals surface area contributed by atoms with Gasteiger partial charge in [0.05, 0.1) is 12.2 Å². The number of ether oxygens (including phenoxy) is 1. The lowest BCUT2D eigenvalue weighted by atomic mass is 10.1. The Balaban J connectivity index is 0.00000578. The van der Waals surface area contributed by atoms with E-state index in [0.717, 1.165) is 10.8 Å². The molecule has 22 heteroatoms. The summed E-state index contributed by atoms with van der Waals surface area (Å²) in [4.78, 5) is 61.4. The SMILES string of the molecule is NC/C=C/c1cn([C@@H]2O[C@H](COP(=O)(O)OP(=O)(O)OP(=O)(O)O)[C@@H](O)[C@H]2O)c(=O)[nH]c1=O.[NH4+]. The summed E-state index contributed by atoms with van der Waals surface area (Å²) in [6, 6.07) is 0. The number of aromatic nitrogens is 2. The van der Waals surface area contributed by atoms with Gasteiger partial charge in [0.15, 0.2) is 6.23 Å². The van der Waals surface area contributed by atoms with E-state index in [4.69, 9.17) is 25.2 Å². The van der Waals surface area contributed by atoms with Crippen LogP contribution in [0.3, 0.4) is 0 Å². The Hall–Kier alpha value is -1.37. The van der Waals surface area contributed by atoms with E-state index < -0.39 is 65.9 Å². The van der Waals surface area contributed by atoms with Crippen molar-refractivity contribution in [2.45, 2.75) is 24.5 Å². The van der Waals surface area contributed by atoms with Crippen LogP contribution in [0.2, 0.25) is 0 Å². The van der Waals surface area contributed by atoms with Gasteiger partial charge in [-0.15, -0.1) is 0 Å². The molecule has 1 aliphatic heterocycles. The van der Waals surface area contributed by atoms with Gasteiger partial charge < -0.3 is 46.4 Å². The summed E-state index contributed by atoms with van der Waals surface area (Å²) < 4.78 is 51.1. The third kappa shape index (κ3) is 8.39. The molecule has 1 fully saturated rings. The number of rotatable bonds is 10. The van der Waals surface area contributed by atoms with Crippen LogP contribution in [0, 0.1) is 0 Å². The molecule has 0 spiro atoms. The van der Waals surface area contributed by atoms with E-state index in [1.807, 2.05) is 4.98 Å². The van der Waals surface area contributed by atoms with Crippen LogP contribution >= 0.6 is 23.5 Å². The zero-order valence-electron chi connectivity index (χ0n) is 17.2. The second-order valence-electron chi connectivity index (χ2n) is 6.32. The number of phosphoric ester groups is 1. The molecule has 0 radical (unpaired) electrons. The molecular formula is C12H24N4O15P3+. The molecule has 0 aromatic carbocycles. The van der Waals surface area contributed by atoms with Gasteiger partial charge in [-0.3, -0.25) is 18.9 Å². The van der Waals surface area contributed by atoms with Crippen LogP contribution in [-0.4, -0.2) is 70.8 Å². The van der Waals surface area contributed by atoms with Crippen LogP contribution in [-0.2, 0) is 31.6 Å². The standard InChI is InChI=1S/C12H20N3O15P3.H3N/c13-3-1-2-6-4-15(12(19)14-10(6)18)11-9(17)8(16)7(28-11)5-27-32(23,24)30-33(25,26)29-31(20,21)22;/h1-2,4,7-9,11,16-17H,3,5,13H2,(H,23,24)(H,25,26)(H,14,18,19)(H2,20,21,22);1H3/p+1/b2-1+;/t7-,8-,9-,11-;/m1./s1. The van der Waals surface area contributed by atoms with E-state index >= 15 is 0 Å². The smallest absolute Gasteiger partial charge is 0.387 e. The summed E-state index contributed by atoms with van der Waals surface area (Å²) in [5, 5.41) is 20.3. The van der Waals surface area contributed by atoms with Crippen molar-refractivity contribution in [3.8, 4) is 0 Å². The number of H-pyrrole nitrogens is 1. The molecule has 1 aliphatic rings. The lowest BCUT2D eigenvalue weighted by molar-refractivity contribution is -0.0542. The molecule has 0 amide bonds. The fourth-order valence-electron chi connectivity index (χ4n) is 2.57. The van der Waals surface area contributed by atoms with Crippen LogP contribution in [0.15, 0.2) is 21.9 Å². The molecule has 0 bridgehead atoms. The Morgan fingerprint density at radius 3 is 2.26 bits per heavy atom. The first-order valence-electron chi connectivity index (χ1n) is 8.57. The Kier molecular flexibility index (Phi) is 10.4. The highest BCUT2D eigenvalue weighted by Gasteiger charge is 2.46. The van der Waals surface area contributed by atoms with Crippen molar-refractivity contribution in [1.82, 2.24) is 15.7 Å². The fourth-order valence-corrected chi connectivity index (χ4v) is 5.60. The quantitative estimate of drug-likeness (QED) is 0.138. The summed E-state index contributed by atoms with van der Waals surface area (Å²) in [5.74, 6) is 0. The van der Waals surface area contributed by atoms with Crippen LogP contribution in [0.4, 0.5) is 0 Å². The van der Waals surface area contributed by atoms with Gasteiger partial charge in [0, 0.05) is 12.7 Å². The van der Waals surface area contributed by atoms with Crippen molar-refractivity contribution in [1.29, 1.82) is 0 Å². The van der Waals surface area contributed by atoms with Gasteiger partial charge in [-0.2, -0.15) is 8.62 Å². The predicted octanol–water partition coefficient (Wildman–Crippen LogP) is -2.15. The van der Waals surface area contributed by atoms with E-state index in [1.165, 1.54) is 12.2 Å². The van der Waals surface area contributed by atoms with Crippen LogP contribution in [0.25, 0.3) is 6.08 Å². The molecular weight excluding hydrogens is 533 g/mol. The number of aliphatic hydroxyl groups excluding tert-OH is 2. The van der Waals surface area contributed by atoms with Crippen LogP contribution in [0.5, 0.6) is 0 Å². The number of hydrogen-bond donors (Lipinski definition) is 9. The number of phosphoric acid groups is 3. The number of hydrogen-bond acceptors (Lipinski definition) is 12. The van der Waals surface area contributed by atoms with E-state index in [1.54, 1.807) is 0 Å². The summed E-state index contributed by atoms with van der Waals surface area (Å²) in [5.41, 5.74) is 3.43. The summed E-state index contributed by atoms with van der Waals surface area (Å²) >= 11 is 0. The molecule has 34 heavy (non-hydrogen) atoms. The Morgan fingerprint density at radius 1 is 1.09 bits per heavy atom. The first-order chi connectivity index (χ1) is 15.1. The van der Waals surface area contributed by atoms with Crippen LogP contribution < -0.4 is 23.1 Å². The molecule has 13 N–H and O–H groups in total.